The van der Waals surface area contributed by atoms with Crippen LogP contribution in [0.3, 0.4) is 0 Å². The van der Waals surface area contributed by atoms with Crippen LogP contribution in [0.4, 0.5) is 0 Å². The Morgan fingerprint density at radius 1 is 1.40 bits per heavy atom. The fraction of sp³-hybridized carbons (Fsp3) is 0.250. The van der Waals surface area contributed by atoms with E-state index in [0.29, 0.717) is 6.54 Å². The van der Waals surface area contributed by atoms with E-state index in [1.807, 2.05) is 23.6 Å². The number of carbonyl (C=O) groups excluding carboxylic acids is 1. The Morgan fingerprint density at radius 3 is 2.80 bits per heavy atom. The molecule has 2 aromatic rings. The molecule has 0 aliphatic carbocycles. The second kappa shape index (κ2) is 3.81. The number of halogens is 1. The summed E-state index contributed by atoms with van der Waals surface area (Å²) in [7, 11) is 0. The number of hydrogen-bond acceptors (Lipinski definition) is 1. The van der Waals surface area contributed by atoms with Crippen molar-refractivity contribution >= 4 is 33.1 Å². The summed E-state index contributed by atoms with van der Waals surface area (Å²) in [4.78, 5) is 10.7. The smallest absolute Gasteiger partial charge is 0.139 e. The van der Waals surface area contributed by atoms with Crippen LogP contribution < -0.4 is 0 Å². The second-order valence-electron chi connectivity index (χ2n) is 3.62. The molecule has 0 saturated heterocycles. The lowest BCUT2D eigenvalue weighted by molar-refractivity contribution is -0.108. The summed E-state index contributed by atoms with van der Waals surface area (Å²) in [6.07, 6.45) is 0.936. The number of carbonyl (C=O) groups is 1. The molecule has 0 N–H and O–H groups in total. The number of benzene rings is 1. The molecular weight excluding hydrogens is 254 g/mol. The number of aldehydes is 1. The van der Waals surface area contributed by atoms with Gasteiger partial charge in [0.2, 0.25) is 0 Å². The maximum atomic E-state index is 10.7. The molecule has 2 rings (SSSR count). The number of aromatic nitrogens is 1. The van der Waals surface area contributed by atoms with Gasteiger partial charge >= 0.3 is 0 Å². The van der Waals surface area contributed by atoms with Crippen LogP contribution in [0.25, 0.3) is 10.9 Å². The van der Waals surface area contributed by atoms with E-state index in [0.717, 1.165) is 22.0 Å². The van der Waals surface area contributed by atoms with Crippen molar-refractivity contribution in [3.05, 3.63) is 33.9 Å². The molecule has 0 atom stereocenters. The molecule has 2 nitrogen and oxygen atoms in total. The molecule has 0 saturated carbocycles. The van der Waals surface area contributed by atoms with Gasteiger partial charge in [-0.2, -0.15) is 0 Å². The first-order valence-electron chi connectivity index (χ1n) is 4.84. The average Bonchev–Trinajstić information content (AvgIpc) is 2.46. The minimum atomic E-state index is 0.415. The van der Waals surface area contributed by atoms with Crippen LogP contribution in [0.5, 0.6) is 0 Å². The highest BCUT2D eigenvalue weighted by Crippen LogP contribution is 2.30. The topological polar surface area (TPSA) is 22.0 Å². The van der Waals surface area contributed by atoms with Crippen molar-refractivity contribution in [3.63, 3.8) is 0 Å². The first kappa shape index (κ1) is 10.4. The molecule has 15 heavy (non-hydrogen) atoms. The van der Waals surface area contributed by atoms with E-state index in [1.54, 1.807) is 0 Å². The van der Waals surface area contributed by atoms with Crippen LogP contribution in [0.1, 0.15) is 11.3 Å². The van der Waals surface area contributed by atoms with Crippen LogP contribution in [-0.2, 0) is 11.3 Å². The molecule has 0 unspecified atom stereocenters. The Bertz CT molecular complexity index is 528. The van der Waals surface area contributed by atoms with Gasteiger partial charge in [-0.25, -0.2) is 0 Å². The van der Waals surface area contributed by atoms with Crippen LogP contribution in [-0.4, -0.2) is 10.9 Å². The van der Waals surface area contributed by atoms with E-state index in [1.165, 1.54) is 10.9 Å². The summed E-state index contributed by atoms with van der Waals surface area (Å²) in [5, 5.41) is 1.21. The lowest BCUT2D eigenvalue weighted by Crippen LogP contribution is -2.01. The molecule has 0 radical (unpaired) electrons. The van der Waals surface area contributed by atoms with Crippen molar-refractivity contribution in [2.24, 2.45) is 0 Å². The number of hydrogen-bond donors (Lipinski definition) is 0. The number of fused-ring (bicyclic) bond motifs is 1. The summed E-state index contributed by atoms with van der Waals surface area (Å²) < 4.78 is 3.08. The SMILES string of the molecule is Cc1c(C)n(CC=O)c2c(Br)cccc12. The molecule has 0 aliphatic heterocycles. The monoisotopic (exact) mass is 265 g/mol. The first-order valence-corrected chi connectivity index (χ1v) is 5.63. The van der Waals surface area contributed by atoms with Gasteiger partial charge in [-0.05, 0) is 41.4 Å². The largest absolute Gasteiger partial charge is 0.337 e. The minimum Gasteiger partial charge on any atom is -0.337 e. The number of nitrogens with zero attached hydrogens (tertiary/aromatic N) is 1. The fourth-order valence-corrected chi connectivity index (χ4v) is 2.54. The Balaban J connectivity index is 2.88. The van der Waals surface area contributed by atoms with E-state index in [4.69, 9.17) is 0 Å². The molecular formula is C12H12BrNO. The number of rotatable bonds is 2. The standard InChI is InChI=1S/C12H12BrNO/c1-8-9(2)14(6-7-15)12-10(8)4-3-5-11(12)13/h3-5,7H,6H2,1-2H3. The molecule has 78 valence electrons. The van der Waals surface area contributed by atoms with Crippen LogP contribution >= 0.6 is 15.9 Å². The predicted molar refractivity (Wildman–Crippen MR) is 65.2 cm³/mol. The molecule has 0 fully saturated rings. The average molecular weight is 266 g/mol. The highest BCUT2D eigenvalue weighted by molar-refractivity contribution is 9.10. The summed E-state index contributed by atoms with van der Waals surface area (Å²) in [6.45, 7) is 4.55. The molecule has 1 aromatic heterocycles. The lowest BCUT2D eigenvalue weighted by Gasteiger charge is -2.04. The summed E-state index contributed by atoms with van der Waals surface area (Å²) in [5.74, 6) is 0. The molecule has 1 heterocycles. The van der Waals surface area contributed by atoms with Gasteiger partial charge in [0.25, 0.3) is 0 Å². The van der Waals surface area contributed by atoms with Crippen molar-refractivity contribution in [2.45, 2.75) is 20.4 Å². The minimum absolute atomic E-state index is 0.415. The highest BCUT2D eigenvalue weighted by Gasteiger charge is 2.12. The fourth-order valence-electron chi connectivity index (χ4n) is 1.96. The third kappa shape index (κ3) is 1.51. The number of aryl methyl sites for hydroxylation is 1. The van der Waals surface area contributed by atoms with Crippen molar-refractivity contribution in [2.75, 3.05) is 0 Å². The molecule has 1 aromatic carbocycles. The van der Waals surface area contributed by atoms with Crippen molar-refractivity contribution in [1.82, 2.24) is 4.57 Å². The highest BCUT2D eigenvalue weighted by atomic mass is 79.9. The Labute approximate surface area is 97.0 Å². The van der Waals surface area contributed by atoms with E-state index < -0.39 is 0 Å². The Kier molecular flexibility index (Phi) is 2.65. The molecule has 0 spiro atoms. The van der Waals surface area contributed by atoms with Crippen LogP contribution in [0, 0.1) is 13.8 Å². The summed E-state index contributed by atoms with van der Waals surface area (Å²) >= 11 is 3.53. The van der Waals surface area contributed by atoms with E-state index in [9.17, 15) is 4.79 Å². The number of para-hydroxylation sites is 1. The van der Waals surface area contributed by atoms with E-state index in [-0.39, 0.29) is 0 Å². The van der Waals surface area contributed by atoms with Gasteiger partial charge in [0.1, 0.15) is 6.29 Å². The quantitative estimate of drug-likeness (QED) is 0.765. The molecule has 0 bridgehead atoms. The van der Waals surface area contributed by atoms with E-state index >= 15 is 0 Å². The van der Waals surface area contributed by atoms with Crippen LogP contribution in [0.15, 0.2) is 22.7 Å². The maximum absolute atomic E-state index is 10.7. The van der Waals surface area contributed by atoms with Crippen molar-refractivity contribution < 1.29 is 4.79 Å². The zero-order valence-electron chi connectivity index (χ0n) is 8.75. The Hall–Kier alpha value is -1.09. The van der Waals surface area contributed by atoms with Gasteiger partial charge in [0.05, 0.1) is 12.1 Å². The third-order valence-electron chi connectivity index (χ3n) is 2.87. The van der Waals surface area contributed by atoms with Gasteiger partial charge in [0, 0.05) is 15.6 Å². The lowest BCUT2D eigenvalue weighted by atomic mass is 10.2. The predicted octanol–water partition coefficient (Wildman–Crippen LogP) is 3.22. The van der Waals surface area contributed by atoms with E-state index in [2.05, 4.69) is 28.9 Å². The van der Waals surface area contributed by atoms with Gasteiger partial charge < -0.3 is 9.36 Å². The summed E-state index contributed by atoms with van der Waals surface area (Å²) in [5.41, 5.74) is 3.51. The van der Waals surface area contributed by atoms with Gasteiger partial charge in [-0.3, -0.25) is 0 Å². The Morgan fingerprint density at radius 2 is 2.13 bits per heavy atom. The van der Waals surface area contributed by atoms with Crippen molar-refractivity contribution in [3.8, 4) is 0 Å². The maximum Gasteiger partial charge on any atom is 0.139 e. The zero-order valence-corrected chi connectivity index (χ0v) is 10.3. The van der Waals surface area contributed by atoms with Crippen LogP contribution in [0.2, 0.25) is 0 Å². The second-order valence-corrected chi connectivity index (χ2v) is 4.48. The third-order valence-corrected chi connectivity index (χ3v) is 3.51. The zero-order chi connectivity index (χ0) is 11.0. The first-order chi connectivity index (χ1) is 7.16. The molecule has 0 aliphatic rings. The normalized spacial score (nSPS) is 10.9. The molecule has 0 amide bonds. The van der Waals surface area contributed by atoms with Gasteiger partial charge in [0.15, 0.2) is 0 Å². The molecule has 3 heteroatoms. The van der Waals surface area contributed by atoms with Gasteiger partial charge in [-0.15, -0.1) is 0 Å². The summed E-state index contributed by atoms with van der Waals surface area (Å²) in [6, 6.07) is 6.11. The van der Waals surface area contributed by atoms with Gasteiger partial charge in [-0.1, -0.05) is 12.1 Å². The van der Waals surface area contributed by atoms with Crippen molar-refractivity contribution in [1.29, 1.82) is 0 Å².